The number of benzene rings is 1. The highest BCUT2D eigenvalue weighted by atomic mass is 32.1. The number of aromatic nitrogens is 1. The lowest BCUT2D eigenvalue weighted by Gasteiger charge is -2.15. The normalized spacial score (nSPS) is 13.7. The van der Waals surface area contributed by atoms with Crippen molar-refractivity contribution in [3.8, 4) is 0 Å². The molecule has 116 valence electrons. The Morgan fingerprint density at radius 1 is 1.33 bits per heavy atom. The first kappa shape index (κ1) is 16.2. The maximum absolute atomic E-state index is 12.0. The molecular weight excluding hydrogens is 301 g/mol. The summed E-state index contributed by atoms with van der Waals surface area (Å²) in [6.07, 6.45) is -3.06. The molecule has 0 aliphatic heterocycles. The molecule has 1 aromatic heterocycles. The van der Waals surface area contributed by atoms with Crippen molar-refractivity contribution in [2.24, 2.45) is 0 Å². The van der Waals surface area contributed by atoms with E-state index < -0.39 is 12.8 Å². The van der Waals surface area contributed by atoms with Crippen LogP contribution in [0.25, 0.3) is 10.2 Å². The van der Waals surface area contributed by atoms with Crippen molar-refractivity contribution in [1.82, 2.24) is 10.3 Å². The molecule has 1 N–H and O–H groups in total. The minimum atomic E-state index is -4.26. The highest BCUT2D eigenvalue weighted by molar-refractivity contribution is 7.18. The van der Waals surface area contributed by atoms with Crippen LogP contribution in [-0.2, 0) is 11.2 Å². The van der Waals surface area contributed by atoms with Gasteiger partial charge in [0.25, 0.3) is 0 Å². The Morgan fingerprint density at radius 3 is 2.76 bits per heavy atom. The Morgan fingerprint density at radius 2 is 2.10 bits per heavy atom. The monoisotopic (exact) mass is 318 g/mol. The maximum Gasteiger partial charge on any atom is 0.411 e. The summed E-state index contributed by atoms with van der Waals surface area (Å²) in [5.74, 6) is 0. The van der Waals surface area contributed by atoms with Gasteiger partial charge in [0.05, 0.1) is 15.2 Å². The molecule has 1 unspecified atom stereocenters. The molecule has 3 nitrogen and oxygen atoms in total. The molecule has 2 rings (SSSR count). The molecule has 0 saturated carbocycles. The zero-order chi connectivity index (χ0) is 15.3. The second kappa shape index (κ2) is 7.20. The van der Waals surface area contributed by atoms with E-state index in [1.54, 1.807) is 18.4 Å². The minimum Gasteiger partial charge on any atom is -0.372 e. The van der Waals surface area contributed by atoms with Gasteiger partial charge in [0, 0.05) is 19.1 Å². The Balaban J connectivity index is 1.84. The van der Waals surface area contributed by atoms with Gasteiger partial charge in [-0.3, -0.25) is 0 Å². The first-order valence-corrected chi connectivity index (χ1v) is 7.46. The van der Waals surface area contributed by atoms with Crippen molar-refractivity contribution in [3.63, 3.8) is 0 Å². The average Bonchev–Trinajstić information content (AvgIpc) is 2.83. The fourth-order valence-corrected chi connectivity index (χ4v) is 3.03. The van der Waals surface area contributed by atoms with Crippen molar-refractivity contribution >= 4 is 21.6 Å². The van der Waals surface area contributed by atoms with Gasteiger partial charge < -0.3 is 10.1 Å². The van der Waals surface area contributed by atoms with E-state index in [0.29, 0.717) is 12.8 Å². The second-order valence-corrected chi connectivity index (χ2v) is 5.84. The van der Waals surface area contributed by atoms with Gasteiger partial charge in [-0.05, 0) is 25.6 Å². The van der Waals surface area contributed by atoms with E-state index in [2.05, 4.69) is 15.0 Å². The number of fused-ring (bicyclic) bond motifs is 1. The Kier molecular flexibility index (Phi) is 5.55. The van der Waals surface area contributed by atoms with Crippen LogP contribution in [0.15, 0.2) is 24.3 Å². The summed E-state index contributed by atoms with van der Waals surface area (Å²) < 4.78 is 41.7. The standard InChI is InChI=1S/C14H17F3N2OS/c1-18-10(6-7-20-9-14(15,16)17)8-13-19-11-4-2-3-5-12(11)21-13/h2-5,10,18H,6-9H2,1H3. The van der Waals surface area contributed by atoms with Gasteiger partial charge in [-0.15, -0.1) is 11.3 Å². The topological polar surface area (TPSA) is 34.1 Å². The van der Waals surface area contributed by atoms with Crippen LogP contribution in [-0.4, -0.2) is 37.5 Å². The van der Waals surface area contributed by atoms with Crippen LogP contribution in [0.2, 0.25) is 0 Å². The highest BCUT2D eigenvalue weighted by Gasteiger charge is 2.27. The number of thiazole rings is 1. The molecule has 1 atom stereocenters. The van der Waals surface area contributed by atoms with E-state index in [1.165, 1.54) is 0 Å². The number of nitrogens with zero attached hydrogens (tertiary/aromatic N) is 1. The molecule has 0 fully saturated rings. The average molecular weight is 318 g/mol. The van der Waals surface area contributed by atoms with E-state index in [1.807, 2.05) is 24.3 Å². The van der Waals surface area contributed by atoms with E-state index in [4.69, 9.17) is 0 Å². The molecule has 0 radical (unpaired) electrons. The van der Waals surface area contributed by atoms with Gasteiger partial charge in [0.15, 0.2) is 0 Å². The third-order valence-corrected chi connectivity index (χ3v) is 4.10. The number of para-hydroxylation sites is 1. The Labute approximate surface area is 125 Å². The number of ether oxygens (including phenoxy) is 1. The van der Waals surface area contributed by atoms with Gasteiger partial charge in [-0.1, -0.05) is 12.1 Å². The molecule has 0 saturated heterocycles. The summed E-state index contributed by atoms with van der Waals surface area (Å²) >= 11 is 1.61. The number of halogens is 3. The summed E-state index contributed by atoms with van der Waals surface area (Å²) in [5.41, 5.74) is 0.959. The molecular formula is C14H17F3N2OS. The quantitative estimate of drug-likeness (QED) is 0.795. The van der Waals surface area contributed by atoms with E-state index in [0.717, 1.165) is 15.2 Å². The van der Waals surface area contributed by atoms with Crippen molar-refractivity contribution in [2.75, 3.05) is 20.3 Å². The predicted octanol–water partition coefficient (Wildman–Crippen LogP) is 3.40. The third-order valence-electron chi connectivity index (χ3n) is 3.04. The Hall–Kier alpha value is -1.18. The first-order chi connectivity index (χ1) is 9.98. The first-order valence-electron chi connectivity index (χ1n) is 6.64. The summed E-state index contributed by atoms with van der Waals surface area (Å²) in [5, 5.41) is 4.08. The van der Waals surface area contributed by atoms with Crippen molar-refractivity contribution < 1.29 is 17.9 Å². The van der Waals surface area contributed by atoms with Crippen LogP contribution in [0.1, 0.15) is 11.4 Å². The van der Waals surface area contributed by atoms with Crippen LogP contribution >= 0.6 is 11.3 Å². The van der Waals surface area contributed by atoms with Crippen LogP contribution in [0.5, 0.6) is 0 Å². The summed E-state index contributed by atoms with van der Waals surface area (Å²) in [6, 6.07) is 7.92. The number of likely N-dealkylation sites (N-methyl/N-ethyl adjacent to an activating group) is 1. The van der Waals surface area contributed by atoms with Gasteiger partial charge >= 0.3 is 6.18 Å². The highest BCUT2D eigenvalue weighted by Crippen LogP contribution is 2.23. The van der Waals surface area contributed by atoms with E-state index in [-0.39, 0.29) is 12.6 Å². The summed E-state index contributed by atoms with van der Waals surface area (Å²) in [4.78, 5) is 4.53. The molecule has 1 aromatic carbocycles. The van der Waals surface area contributed by atoms with Crippen molar-refractivity contribution in [2.45, 2.75) is 25.1 Å². The molecule has 1 heterocycles. The zero-order valence-corrected chi connectivity index (χ0v) is 12.4. The van der Waals surface area contributed by atoms with Crippen LogP contribution in [0.3, 0.4) is 0 Å². The maximum atomic E-state index is 12.0. The molecule has 2 aromatic rings. The fraction of sp³-hybridized carbons (Fsp3) is 0.500. The lowest BCUT2D eigenvalue weighted by molar-refractivity contribution is -0.174. The zero-order valence-electron chi connectivity index (χ0n) is 11.6. The minimum absolute atomic E-state index is 0.0544. The molecule has 7 heteroatoms. The smallest absolute Gasteiger partial charge is 0.372 e. The number of nitrogens with one attached hydrogen (secondary N) is 1. The number of alkyl halides is 3. The number of hydrogen-bond acceptors (Lipinski definition) is 4. The van der Waals surface area contributed by atoms with Crippen molar-refractivity contribution in [3.05, 3.63) is 29.3 Å². The summed E-state index contributed by atoms with van der Waals surface area (Å²) in [7, 11) is 1.79. The van der Waals surface area contributed by atoms with E-state index in [9.17, 15) is 13.2 Å². The van der Waals surface area contributed by atoms with Gasteiger partial charge in [0.1, 0.15) is 6.61 Å². The molecule has 0 amide bonds. The van der Waals surface area contributed by atoms with Gasteiger partial charge in [0.2, 0.25) is 0 Å². The number of rotatable bonds is 7. The lowest BCUT2D eigenvalue weighted by Crippen LogP contribution is -2.29. The lowest BCUT2D eigenvalue weighted by atomic mass is 10.1. The molecule has 0 aliphatic rings. The third kappa shape index (κ3) is 5.26. The largest absolute Gasteiger partial charge is 0.411 e. The molecule has 0 spiro atoms. The van der Waals surface area contributed by atoms with Gasteiger partial charge in [-0.25, -0.2) is 4.98 Å². The molecule has 21 heavy (non-hydrogen) atoms. The summed E-state index contributed by atoms with van der Waals surface area (Å²) in [6.45, 7) is -1.11. The predicted molar refractivity (Wildman–Crippen MR) is 77.7 cm³/mol. The van der Waals surface area contributed by atoms with Gasteiger partial charge in [-0.2, -0.15) is 13.2 Å². The molecule has 0 bridgehead atoms. The SMILES string of the molecule is CNC(CCOCC(F)(F)F)Cc1nc2ccccc2s1. The van der Waals surface area contributed by atoms with Crippen LogP contribution < -0.4 is 5.32 Å². The van der Waals surface area contributed by atoms with Crippen molar-refractivity contribution in [1.29, 1.82) is 0 Å². The number of hydrogen-bond donors (Lipinski definition) is 1. The van der Waals surface area contributed by atoms with Crippen LogP contribution in [0.4, 0.5) is 13.2 Å². The molecule has 0 aliphatic carbocycles. The second-order valence-electron chi connectivity index (χ2n) is 4.72. The van der Waals surface area contributed by atoms with Crippen LogP contribution in [0, 0.1) is 0 Å². The van der Waals surface area contributed by atoms with E-state index >= 15 is 0 Å². The Bertz CT molecular complexity index is 538. The fourth-order valence-electron chi connectivity index (χ4n) is 1.98.